The van der Waals surface area contributed by atoms with Crippen LogP contribution >= 0.6 is 0 Å². The number of rotatable bonds is 7. The van der Waals surface area contributed by atoms with E-state index in [4.69, 9.17) is 14.7 Å². The van der Waals surface area contributed by atoms with Gasteiger partial charge in [-0.25, -0.2) is 4.98 Å². The summed E-state index contributed by atoms with van der Waals surface area (Å²) in [4.78, 5) is 19.0. The van der Waals surface area contributed by atoms with Crippen LogP contribution in [0.4, 0.5) is 5.69 Å². The molecule has 1 N–H and O–H groups in total. The molecule has 1 saturated heterocycles. The van der Waals surface area contributed by atoms with E-state index in [0.717, 1.165) is 32.5 Å². The van der Waals surface area contributed by atoms with E-state index < -0.39 is 0 Å². The second kappa shape index (κ2) is 9.72. The molecule has 0 aliphatic carbocycles. The van der Waals surface area contributed by atoms with Crippen molar-refractivity contribution in [3.05, 3.63) is 42.6 Å². The summed E-state index contributed by atoms with van der Waals surface area (Å²) in [5, 5.41) is 11.6. The molecule has 1 aromatic heterocycles. The van der Waals surface area contributed by atoms with Crippen molar-refractivity contribution < 1.29 is 14.3 Å². The van der Waals surface area contributed by atoms with Gasteiger partial charge in [-0.1, -0.05) is 12.1 Å². The summed E-state index contributed by atoms with van der Waals surface area (Å²) in [6.45, 7) is 2.48. The lowest BCUT2D eigenvalue weighted by molar-refractivity contribution is -0.121. The maximum Gasteiger partial charge on any atom is 0.227 e. The van der Waals surface area contributed by atoms with Crippen molar-refractivity contribution in [3.63, 3.8) is 0 Å². The largest absolute Gasteiger partial charge is 0.493 e. The van der Waals surface area contributed by atoms with Crippen LogP contribution in [0.1, 0.15) is 19.3 Å². The van der Waals surface area contributed by atoms with Gasteiger partial charge in [0.15, 0.2) is 11.5 Å². The van der Waals surface area contributed by atoms with Crippen LogP contribution in [0.15, 0.2) is 42.6 Å². The van der Waals surface area contributed by atoms with Crippen LogP contribution in [0.5, 0.6) is 17.4 Å². The van der Waals surface area contributed by atoms with Crippen LogP contribution in [0.25, 0.3) is 0 Å². The maximum absolute atomic E-state index is 12.5. The smallest absolute Gasteiger partial charge is 0.227 e. The van der Waals surface area contributed by atoms with Gasteiger partial charge in [-0.05, 0) is 44.1 Å². The molecular formula is C21H24N4O3. The number of hydrogen-bond donors (Lipinski definition) is 1. The van der Waals surface area contributed by atoms with Gasteiger partial charge in [0.05, 0.1) is 25.1 Å². The Morgan fingerprint density at radius 2 is 2.00 bits per heavy atom. The summed E-state index contributed by atoms with van der Waals surface area (Å²) in [7, 11) is 1.59. The number of anilines is 1. The van der Waals surface area contributed by atoms with Crippen molar-refractivity contribution in [1.29, 1.82) is 5.26 Å². The normalized spacial score (nSPS) is 14.9. The van der Waals surface area contributed by atoms with E-state index >= 15 is 0 Å². The van der Waals surface area contributed by atoms with Gasteiger partial charge in [0.25, 0.3) is 0 Å². The highest BCUT2D eigenvalue weighted by Gasteiger charge is 2.24. The number of aromatic nitrogens is 1. The molecule has 0 unspecified atom stereocenters. The van der Waals surface area contributed by atoms with Gasteiger partial charge in [-0.2, -0.15) is 5.26 Å². The number of pyridine rings is 1. The molecule has 7 heteroatoms. The average Bonchev–Trinajstić information content (AvgIpc) is 2.74. The minimum atomic E-state index is -0.0113. The number of hydrogen-bond acceptors (Lipinski definition) is 6. The van der Waals surface area contributed by atoms with Gasteiger partial charge in [0.2, 0.25) is 11.8 Å². The first kappa shape index (κ1) is 19.6. The molecule has 0 spiro atoms. The third kappa shape index (κ3) is 5.21. The fraction of sp³-hybridized carbons (Fsp3) is 0.381. The topological polar surface area (TPSA) is 87.5 Å². The molecule has 2 aromatic rings. The number of nitrogens with zero attached hydrogens (tertiary/aromatic N) is 3. The molecule has 7 nitrogen and oxygen atoms in total. The highest BCUT2D eigenvalue weighted by atomic mass is 16.5. The molecule has 3 rings (SSSR count). The van der Waals surface area contributed by atoms with Gasteiger partial charge in [0, 0.05) is 24.9 Å². The van der Waals surface area contributed by atoms with Crippen LogP contribution in [0.2, 0.25) is 0 Å². The maximum atomic E-state index is 12.5. The van der Waals surface area contributed by atoms with Crippen molar-refractivity contribution >= 4 is 11.6 Å². The summed E-state index contributed by atoms with van der Waals surface area (Å²) < 4.78 is 11.0. The lowest BCUT2D eigenvalue weighted by atomic mass is 9.96. The predicted molar refractivity (Wildman–Crippen MR) is 105 cm³/mol. The van der Waals surface area contributed by atoms with Gasteiger partial charge in [-0.15, -0.1) is 0 Å². The number of likely N-dealkylation sites (tertiary alicyclic amines) is 1. The zero-order valence-electron chi connectivity index (χ0n) is 15.9. The summed E-state index contributed by atoms with van der Waals surface area (Å²) in [6, 6.07) is 13.0. The van der Waals surface area contributed by atoms with Crippen LogP contribution in [0.3, 0.4) is 0 Å². The summed E-state index contributed by atoms with van der Waals surface area (Å²) in [5.41, 5.74) is 0.643. The van der Waals surface area contributed by atoms with Crippen LogP contribution in [0, 0.1) is 17.2 Å². The molecule has 1 aromatic carbocycles. The Hall–Kier alpha value is -3.11. The number of piperidine rings is 1. The first-order valence-corrected chi connectivity index (χ1v) is 9.36. The number of methoxy groups -OCH3 is 1. The second-order valence-electron chi connectivity index (χ2n) is 6.65. The van der Waals surface area contributed by atoms with Gasteiger partial charge in [0.1, 0.15) is 0 Å². The Morgan fingerprint density at radius 1 is 1.25 bits per heavy atom. The summed E-state index contributed by atoms with van der Waals surface area (Å²) in [6.07, 6.45) is 3.73. The van der Waals surface area contributed by atoms with Crippen molar-refractivity contribution in [2.45, 2.75) is 19.3 Å². The Morgan fingerprint density at radius 3 is 2.64 bits per heavy atom. The Labute approximate surface area is 164 Å². The minimum absolute atomic E-state index is 0.0113. The Bertz CT molecular complexity index is 824. The standard InChI is InChI=1S/C21H24N4O3/c1-27-18-5-2-3-6-19(18)28-20-8-7-17(15-23-20)24-21(26)16-9-13-25(14-10-16)12-4-11-22/h2-3,5-8,15-16H,4,9-10,12-14H2,1H3,(H,24,26). The molecule has 0 saturated carbocycles. The van der Waals surface area contributed by atoms with Crippen LogP contribution in [-0.2, 0) is 4.79 Å². The molecular weight excluding hydrogens is 356 g/mol. The number of ether oxygens (including phenoxy) is 2. The Kier molecular flexibility index (Phi) is 6.82. The van der Waals surface area contributed by atoms with E-state index in [0.29, 0.717) is 29.5 Å². The molecule has 0 atom stereocenters. The molecule has 1 aliphatic rings. The van der Waals surface area contributed by atoms with E-state index in [1.807, 2.05) is 18.2 Å². The lowest BCUT2D eigenvalue weighted by Crippen LogP contribution is -2.38. The highest BCUT2D eigenvalue weighted by Crippen LogP contribution is 2.30. The van der Waals surface area contributed by atoms with Gasteiger partial charge < -0.3 is 19.7 Å². The van der Waals surface area contributed by atoms with Gasteiger partial charge in [-0.3, -0.25) is 4.79 Å². The first-order valence-electron chi connectivity index (χ1n) is 9.36. The van der Waals surface area contributed by atoms with Crippen molar-refractivity contribution in [1.82, 2.24) is 9.88 Å². The number of benzene rings is 1. The molecule has 2 heterocycles. The summed E-state index contributed by atoms with van der Waals surface area (Å²) in [5.74, 6) is 1.64. The van der Waals surface area contributed by atoms with Crippen molar-refractivity contribution in [2.24, 2.45) is 5.92 Å². The number of amides is 1. The fourth-order valence-electron chi connectivity index (χ4n) is 3.20. The van der Waals surface area contributed by atoms with E-state index in [1.165, 1.54) is 0 Å². The zero-order chi connectivity index (χ0) is 19.8. The number of carbonyl (C=O) groups excluding carboxylic acids is 1. The molecule has 1 aliphatic heterocycles. The minimum Gasteiger partial charge on any atom is -0.493 e. The third-order valence-electron chi connectivity index (χ3n) is 4.79. The van der Waals surface area contributed by atoms with Crippen molar-refractivity contribution in [3.8, 4) is 23.4 Å². The zero-order valence-corrected chi connectivity index (χ0v) is 15.9. The third-order valence-corrected chi connectivity index (χ3v) is 4.79. The molecule has 28 heavy (non-hydrogen) atoms. The number of carbonyl (C=O) groups is 1. The molecule has 1 fully saturated rings. The highest BCUT2D eigenvalue weighted by molar-refractivity contribution is 5.92. The van der Waals surface area contributed by atoms with Crippen LogP contribution < -0.4 is 14.8 Å². The summed E-state index contributed by atoms with van der Waals surface area (Å²) >= 11 is 0. The van der Waals surface area contributed by atoms with E-state index in [9.17, 15) is 4.79 Å². The number of nitrogens with one attached hydrogen (secondary N) is 1. The molecule has 0 radical (unpaired) electrons. The first-order chi connectivity index (χ1) is 13.7. The Balaban J connectivity index is 1.52. The second-order valence-corrected chi connectivity index (χ2v) is 6.65. The lowest BCUT2D eigenvalue weighted by Gasteiger charge is -2.30. The van der Waals surface area contributed by atoms with Crippen LogP contribution in [-0.4, -0.2) is 42.5 Å². The molecule has 146 valence electrons. The monoisotopic (exact) mass is 380 g/mol. The fourth-order valence-corrected chi connectivity index (χ4v) is 3.20. The predicted octanol–water partition coefficient (Wildman–Crippen LogP) is 3.45. The SMILES string of the molecule is COc1ccccc1Oc1ccc(NC(=O)C2CCN(CCC#N)CC2)cn1. The van der Waals surface area contributed by atoms with Gasteiger partial charge >= 0.3 is 0 Å². The molecule has 1 amide bonds. The van der Waals surface area contributed by atoms with E-state index in [2.05, 4.69) is 21.3 Å². The number of nitriles is 1. The number of para-hydroxylation sites is 2. The quantitative estimate of drug-likeness (QED) is 0.792. The average molecular weight is 380 g/mol. The van der Waals surface area contributed by atoms with E-state index in [1.54, 1.807) is 31.5 Å². The van der Waals surface area contributed by atoms with Crippen molar-refractivity contribution in [2.75, 3.05) is 32.1 Å². The molecule has 0 bridgehead atoms. The van der Waals surface area contributed by atoms with E-state index in [-0.39, 0.29) is 11.8 Å².